The van der Waals surface area contributed by atoms with Crippen molar-refractivity contribution >= 4 is 27.7 Å². The number of hydrogen-bond donors (Lipinski definition) is 2. The number of para-hydroxylation sites is 1. The maximum Gasteiger partial charge on any atom is 0.113 e. The molecule has 1 atom stereocenters. The molecule has 0 amide bonds. The summed E-state index contributed by atoms with van der Waals surface area (Å²) in [5.74, 6) is 0. The minimum atomic E-state index is -0.218. The van der Waals surface area contributed by atoms with Crippen LogP contribution in [0.4, 0.5) is 16.4 Å². The smallest absolute Gasteiger partial charge is 0.113 e. The lowest BCUT2D eigenvalue weighted by Gasteiger charge is -2.12. The lowest BCUT2D eigenvalue weighted by atomic mass is 10.1. The van der Waals surface area contributed by atoms with E-state index in [1.165, 1.54) is 11.3 Å². The van der Waals surface area contributed by atoms with Crippen molar-refractivity contribution in [2.24, 2.45) is 0 Å². The predicted molar refractivity (Wildman–Crippen MR) is 93.7 cm³/mol. The SMILES string of the molecule is CO/C=C/CC(OC)c1sc(Nc2ccccc2)c(C#N)c1N. The highest BCUT2D eigenvalue weighted by atomic mass is 32.1. The molecule has 0 radical (unpaired) electrons. The number of ether oxygens (including phenoxy) is 2. The van der Waals surface area contributed by atoms with Gasteiger partial charge in [-0.05, 0) is 24.6 Å². The average molecular weight is 329 g/mol. The fraction of sp³-hybridized carbons (Fsp3) is 0.235. The van der Waals surface area contributed by atoms with Crippen LogP contribution in [0, 0.1) is 11.3 Å². The molecular formula is C17H19N3O2S. The van der Waals surface area contributed by atoms with Crippen LogP contribution in [0.5, 0.6) is 0 Å². The maximum atomic E-state index is 9.42. The van der Waals surface area contributed by atoms with E-state index in [4.69, 9.17) is 15.2 Å². The summed E-state index contributed by atoms with van der Waals surface area (Å²) < 4.78 is 10.4. The molecule has 23 heavy (non-hydrogen) atoms. The van der Waals surface area contributed by atoms with E-state index in [1.54, 1.807) is 20.5 Å². The van der Waals surface area contributed by atoms with Crippen LogP contribution in [-0.4, -0.2) is 14.2 Å². The summed E-state index contributed by atoms with van der Waals surface area (Å²) in [6, 6.07) is 11.8. The molecule has 0 aliphatic heterocycles. The van der Waals surface area contributed by atoms with Crippen molar-refractivity contribution in [1.82, 2.24) is 0 Å². The molecule has 0 fully saturated rings. The Hall–Kier alpha value is -2.49. The predicted octanol–water partition coefficient (Wildman–Crippen LogP) is 4.18. The first-order chi connectivity index (χ1) is 11.2. The molecule has 6 heteroatoms. The van der Waals surface area contributed by atoms with Crippen molar-refractivity contribution in [1.29, 1.82) is 5.26 Å². The molecule has 1 aromatic carbocycles. The van der Waals surface area contributed by atoms with Gasteiger partial charge in [0, 0.05) is 12.8 Å². The van der Waals surface area contributed by atoms with E-state index in [-0.39, 0.29) is 6.10 Å². The fourth-order valence-corrected chi connectivity index (χ4v) is 3.32. The van der Waals surface area contributed by atoms with Crippen molar-refractivity contribution in [2.75, 3.05) is 25.3 Å². The Morgan fingerprint density at radius 2 is 2.09 bits per heavy atom. The quantitative estimate of drug-likeness (QED) is 0.745. The van der Waals surface area contributed by atoms with E-state index < -0.39 is 0 Å². The topological polar surface area (TPSA) is 80.3 Å². The highest BCUT2D eigenvalue weighted by Crippen LogP contribution is 2.42. The molecule has 120 valence electrons. The molecule has 1 unspecified atom stereocenters. The molecule has 2 rings (SSSR count). The van der Waals surface area contributed by atoms with Crippen molar-refractivity contribution in [2.45, 2.75) is 12.5 Å². The van der Waals surface area contributed by atoms with Crippen molar-refractivity contribution in [3.05, 3.63) is 53.1 Å². The third-order valence-corrected chi connectivity index (χ3v) is 4.49. The number of rotatable bonds is 7. The number of nitrogens with zero attached hydrogens (tertiary/aromatic N) is 1. The number of hydrogen-bond acceptors (Lipinski definition) is 6. The van der Waals surface area contributed by atoms with Gasteiger partial charge in [0.05, 0.1) is 30.0 Å². The van der Waals surface area contributed by atoms with Gasteiger partial charge in [-0.2, -0.15) is 5.26 Å². The highest BCUT2D eigenvalue weighted by Gasteiger charge is 2.22. The summed E-state index contributed by atoms with van der Waals surface area (Å²) >= 11 is 1.44. The van der Waals surface area contributed by atoms with Gasteiger partial charge in [0.2, 0.25) is 0 Å². The maximum absolute atomic E-state index is 9.42. The fourth-order valence-electron chi connectivity index (χ4n) is 2.14. The molecular weight excluding hydrogens is 310 g/mol. The van der Waals surface area contributed by atoms with Gasteiger partial charge in [0.25, 0.3) is 0 Å². The lowest BCUT2D eigenvalue weighted by Crippen LogP contribution is -2.01. The van der Waals surface area contributed by atoms with Gasteiger partial charge >= 0.3 is 0 Å². The Morgan fingerprint density at radius 1 is 1.35 bits per heavy atom. The van der Waals surface area contributed by atoms with Gasteiger partial charge in [0.15, 0.2) is 0 Å². The van der Waals surface area contributed by atoms with E-state index >= 15 is 0 Å². The second-order valence-corrected chi connectivity index (χ2v) is 5.81. The summed E-state index contributed by atoms with van der Waals surface area (Å²) in [5.41, 5.74) is 7.99. The molecule has 0 spiro atoms. The van der Waals surface area contributed by atoms with Crippen LogP contribution in [0.3, 0.4) is 0 Å². The van der Waals surface area contributed by atoms with E-state index in [2.05, 4.69) is 11.4 Å². The normalized spacial score (nSPS) is 12.0. The van der Waals surface area contributed by atoms with Gasteiger partial charge in [-0.25, -0.2) is 0 Å². The summed E-state index contributed by atoms with van der Waals surface area (Å²) in [7, 11) is 3.22. The summed E-state index contributed by atoms with van der Waals surface area (Å²) in [6.07, 6.45) is 3.86. The number of nitriles is 1. The number of anilines is 3. The van der Waals surface area contributed by atoms with Crippen LogP contribution in [0.1, 0.15) is 23.0 Å². The minimum Gasteiger partial charge on any atom is -0.505 e. The standard InChI is InChI=1S/C17H19N3O2S/c1-21-10-6-9-14(22-2)16-15(19)13(11-18)17(23-16)20-12-7-4-3-5-8-12/h3-8,10,14,20H,9,19H2,1-2H3/b10-6+. The zero-order valence-corrected chi connectivity index (χ0v) is 13.9. The molecule has 0 aliphatic rings. The Kier molecular flexibility index (Phi) is 6.03. The number of benzene rings is 1. The molecule has 0 aliphatic carbocycles. The van der Waals surface area contributed by atoms with Crippen LogP contribution in [0.2, 0.25) is 0 Å². The average Bonchev–Trinajstić information content (AvgIpc) is 2.88. The van der Waals surface area contributed by atoms with Crippen molar-refractivity contribution in [3.8, 4) is 6.07 Å². The lowest BCUT2D eigenvalue weighted by molar-refractivity contribution is 0.109. The molecule has 0 saturated heterocycles. The summed E-state index contributed by atoms with van der Waals surface area (Å²) in [4.78, 5) is 0.836. The molecule has 5 nitrogen and oxygen atoms in total. The Labute approximate surface area is 140 Å². The Bertz CT molecular complexity index is 705. The highest BCUT2D eigenvalue weighted by molar-refractivity contribution is 7.17. The largest absolute Gasteiger partial charge is 0.505 e. The summed E-state index contributed by atoms with van der Waals surface area (Å²) in [6.45, 7) is 0. The minimum absolute atomic E-state index is 0.218. The Balaban J connectivity index is 2.31. The second kappa shape index (κ2) is 8.22. The third-order valence-electron chi connectivity index (χ3n) is 3.28. The molecule has 1 heterocycles. The monoisotopic (exact) mass is 329 g/mol. The number of nitrogen functional groups attached to an aromatic ring is 1. The van der Waals surface area contributed by atoms with E-state index in [9.17, 15) is 5.26 Å². The van der Waals surface area contributed by atoms with Crippen LogP contribution < -0.4 is 11.1 Å². The van der Waals surface area contributed by atoms with Gasteiger partial charge < -0.3 is 20.5 Å². The van der Waals surface area contributed by atoms with Crippen molar-refractivity contribution < 1.29 is 9.47 Å². The molecule has 3 N–H and O–H groups in total. The second-order valence-electron chi connectivity index (χ2n) is 4.75. The first-order valence-corrected chi connectivity index (χ1v) is 7.87. The van der Waals surface area contributed by atoms with Crippen LogP contribution >= 0.6 is 11.3 Å². The van der Waals surface area contributed by atoms with Crippen molar-refractivity contribution in [3.63, 3.8) is 0 Å². The van der Waals surface area contributed by atoms with E-state index in [0.29, 0.717) is 17.7 Å². The summed E-state index contributed by atoms with van der Waals surface area (Å²) in [5, 5.41) is 13.4. The Morgan fingerprint density at radius 3 is 2.70 bits per heavy atom. The van der Waals surface area contributed by atoms with E-state index in [1.807, 2.05) is 36.4 Å². The van der Waals surface area contributed by atoms with Gasteiger partial charge in [-0.15, -0.1) is 11.3 Å². The first kappa shape index (κ1) is 16.9. The van der Waals surface area contributed by atoms with Gasteiger partial charge in [-0.1, -0.05) is 18.2 Å². The third kappa shape index (κ3) is 4.03. The zero-order chi connectivity index (χ0) is 16.7. The number of thiophene rings is 1. The molecule has 2 aromatic rings. The van der Waals surface area contributed by atoms with Crippen LogP contribution in [0.15, 0.2) is 42.7 Å². The first-order valence-electron chi connectivity index (χ1n) is 7.06. The van der Waals surface area contributed by atoms with Crippen LogP contribution in [-0.2, 0) is 9.47 Å². The molecule has 0 bridgehead atoms. The van der Waals surface area contributed by atoms with Gasteiger partial charge in [0.1, 0.15) is 16.6 Å². The number of nitrogens with one attached hydrogen (secondary N) is 1. The van der Waals surface area contributed by atoms with E-state index in [0.717, 1.165) is 15.6 Å². The van der Waals surface area contributed by atoms with Gasteiger partial charge in [-0.3, -0.25) is 0 Å². The molecule has 0 saturated carbocycles. The number of nitrogens with two attached hydrogens (primary N) is 1. The van der Waals surface area contributed by atoms with Crippen LogP contribution in [0.25, 0.3) is 0 Å². The molecule has 1 aromatic heterocycles. The zero-order valence-electron chi connectivity index (χ0n) is 13.1. The number of methoxy groups -OCH3 is 2.